The lowest BCUT2D eigenvalue weighted by Crippen LogP contribution is -2.58. The van der Waals surface area contributed by atoms with E-state index in [1.54, 1.807) is 4.90 Å². The highest BCUT2D eigenvalue weighted by atomic mass is 16.2. The molecule has 0 aliphatic carbocycles. The van der Waals surface area contributed by atoms with Crippen molar-refractivity contribution in [1.82, 2.24) is 0 Å². The molecule has 4 nitrogen and oxygen atoms in total. The van der Waals surface area contributed by atoms with E-state index in [0.717, 1.165) is 30.8 Å². The van der Waals surface area contributed by atoms with Crippen LogP contribution in [0.25, 0.3) is 0 Å². The smallest absolute Gasteiger partial charge is 0.319 e. The molecule has 4 rings (SSSR count). The van der Waals surface area contributed by atoms with Gasteiger partial charge in [-0.25, -0.2) is 4.79 Å². The van der Waals surface area contributed by atoms with Gasteiger partial charge >= 0.3 is 6.03 Å². The molecule has 0 saturated heterocycles. The minimum atomic E-state index is -0.405. The van der Waals surface area contributed by atoms with Crippen molar-refractivity contribution in [2.45, 2.75) is 38.8 Å². The van der Waals surface area contributed by atoms with E-state index in [0.29, 0.717) is 6.54 Å². The molecule has 2 N–H and O–H groups in total. The van der Waals surface area contributed by atoms with Crippen LogP contribution in [-0.4, -0.2) is 18.1 Å². The van der Waals surface area contributed by atoms with Crippen molar-refractivity contribution in [2.75, 3.05) is 16.3 Å². The fourth-order valence-corrected chi connectivity index (χ4v) is 4.30. The summed E-state index contributed by atoms with van der Waals surface area (Å²) in [7, 11) is 0. The van der Waals surface area contributed by atoms with Gasteiger partial charge in [-0.05, 0) is 55.5 Å². The third kappa shape index (κ3) is 4.18. The highest BCUT2D eigenvalue weighted by Gasteiger charge is 2.38. The monoisotopic (exact) mass is 399 g/mol. The van der Waals surface area contributed by atoms with E-state index in [1.807, 2.05) is 18.2 Å². The van der Waals surface area contributed by atoms with Crippen molar-refractivity contribution in [3.63, 3.8) is 0 Å². The summed E-state index contributed by atoms with van der Waals surface area (Å²) in [5.41, 5.74) is 11.3. The Morgan fingerprint density at radius 1 is 0.833 bits per heavy atom. The van der Waals surface area contributed by atoms with Crippen molar-refractivity contribution in [1.29, 1.82) is 0 Å². The highest BCUT2D eigenvalue weighted by molar-refractivity contribution is 5.96. The first kappa shape index (κ1) is 20.0. The topological polar surface area (TPSA) is 49.6 Å². The van der Waals surface area contributed by atoms with Crippen LogP contribution < -0.4 is 15.5 Å². The largest absolute Gasteiger partial charge is 0.359 e. The van der Waals surface area contributed by atoms with Gasteiger partial charge in [-0.1, -0.05) is 66.7 Å². The Morgan fingerprint density at radius 3 is 2.17 bits per heavy atom. The quantitative estimate of drug-likeness (QED) is 0.644. The molecule has 1 aliphatic heterocycles. The third-order valence-electron chi connectivity index (χ3n) is 5.88. The molecule has 0 aromatic heterocycles. The summed E-state index contributed by atoms with van der Waals surface area (Å²) in [6.07, 6.45) is 2.06. The lowest BCUT2D eigenvalue weighted by molar-refractivity contribution is 0.251. The molecule has 154 valence electrons. The summed E-state index contributed by atoms with van der Waals surface area (Å²) in [4.78, 5) is 16.1. The normalized spacial score (nSPS) is 15.0. The van der Waals surface area contributed by atoms with Gasteiger partial charge in [0.2, 0.25) is 0 Å². The van der Waals surface area contributed by atoms with Gasteiger partial charge in [0.05, 0.1) is 23.5 Å². The Bertz CT molecular complexity index is 1030. The average Bonchev–Trinajstić information content (AvgIpc) is 2.75. The number of hydrogen-bond acceptors (Lipinski definition) is 2. The van der Waals surface area contributed by atoms with E-state index in [1.165, 1.54) is 16.7 Å². The average molecular weight is 400 g/mol. The lowest BCUT2D eigenvalue weighted by Gasteiger charge is -2.48. The van der Waals surface area contributed by atoms with Crippen molar-refractivity contribution in [3.05, 3.63) is 95.6 Å². The molecule has 2 amide bonds. The van der Waals surface area contributed by atoms with E-state index >= 15 is 0 Å². The first-order chi connectivity index (χ1) is 14.4. The van der Waals surface area contributed by atoms with Gasteiger partial charge in [-0.3, -0.25) is 4.90 Å². The van der Waals surface area contributed by atoms with Crippen LogP contribution >= 0.6 is 0 Å². The third-order valence-corrected chi connectivity index (χ3v) is 5.88. The van der Waals surface area contributed by atoms with Crippen LogP contribution in [0.3, 0.4) is 0 Å². The molecule has 1 heterocycles. The van der Waals surface area contributed by atoms with Gasteiger partial charge < -0.3 is 10.6 Å². The fourth-order valence-electron chi connectivity index (χ4n) is 4.30. The summed E-state index contributed by atoms with van der Waals surface area (Å²) >= 11 is 0. The summed E-state index contributed by atoms with van der Waals surface area (Å²) in [5.74, 6) is 0. The number of carbonyl (C=O) groups excluding carboxylic acids is 1. The zero-order valence-electron chi connectivity index (χ0n) is 17.7. The van der Waals surface area contributed by atoms with Crippen LogP contribution in [-0.2, 0) is 19.4 Å². The van der Waals surface area contributed by atoms with Gasteiger partial charge in [0.15, 0.2) is 0 Å². The second kappa shape index (κ2) is 8.23. The first-order valence-corrected chi connectivity index (χ1v) is 10.5. The van der Waals surface area contributed by atoms with Crippen molar-refractivity contribution in [2.24, 2.45) is 5.73 Å². The number of nitrogens with zero attached hydrogens (tertiary/aromatic N) is 2. The van der Waals surface area contributed by atoms with Crippen LogP contribution in [0.2, 0.25) is 0 Å². The molecule has 0 atom stereocenters. The molecule has 0 saturated carbocycles. The minimum Gasteiger partial charge on any atom is -0.359 e. The number of nitrogens with two attached hydrogens (primary N) is 1. The molecule has 0 radical (unpaired) electrons. The predicted molar refractivity (Wildman–Crippen MR) is 124 cm³/mol. The molecule has 3 aromatic rings. The van der Waals surface area contributed by atoms with Gasteiger partial charge in [0.25, 0.3) is 0 Å². The van der Waals surface area contributed by atoms with E-state index in [-0.39, 0.29) is 5.54 Å². The Labute approximate surface area is 178 Å². The number of benzene rings is 3. The number of anilines is 2. The fraction of sp³-hybridized carbons (Fsp3) is 0.269. The SMILES string of the molecule is CC1(C)CN(C(N)=O)c2ccccc2N1Cc1cccc(CCc2ccccc2)c1. The van der Waals surface area contributed by atoms with E-state index in [4.69, 9.17) is 5.73 Å². The second-order valence-corrected chi connectivity index (χ2v) is 8.62. The molecule has 30 heavy (non-hydrogen) atoms. The van der Waals surface area contributed by atoms with Crippen LogP contribution in [0.5, 0.6) is 0 Å². The van der Waals surface area contributed by atoms with Crippen LogP contribution in [0.1, 0.15) is 30.5 Å². The summed E-state index contributed by atoms with van der Waals surface area (Å²) in [6, 6.07) is 27.1. The van der Waals surface area contributed by atoms with Crippen LogP contribution in [0.4, 0.5) is 16.2 Å². The number of hydrogen-bond donors (Lipinski definition) is 1. The number of aryl methyl sites for hydroxylation is 2. The maximum absolute atomic E-state index is 12.0. The molecule has 0 fully saturated rings. The van der Waals surface area contributed by atoms with E-state index in [9.17, 15) is 4.79 Å². The predicted octanol–water partition coefficient (Wildman–Crippen LogP) is 5.16. The number of para-hydroxylation sites is 2. The summed E-state index contributed by atoms with van der Waals surface area (Å²) < 4.78 is 0. The van der Waals surface area contributed by atoms with Gasteiger partial charge in [-0.2, -0.15) is 0 Å². The Morgan fingerprint density at radius 2 is 1.43 bits per heavy atom. The zero-order valence-corrected chi connectivity index (χ0v) is 17.7. The lowest BCUT2D eigenvalue weighted by atomic mass is 9.94. The van der Waals surface area contributed by atoms with Gasteiger partial charge in [-0.15, -0.1) is 0 Å². The van der Waals surface area contributed by atoms with Gasteiger partial charge in [0.1, 0.15) is 0 Å². The molecular weight excluding hydrogens is 370 g/mol. The minimum absolute atomic E-state index is 0.233. The van der Waals surface area contributed by atoms with Crippen molar-refractivity contribution >= 4 is 17.4 Å². The van der Waals surface area contributed by atoms with E-state index < -0.39 is 6.03 Å². The van der Waals surface area contributed by atoms with Gasteiger partial charge in [0, 0.05) is 6.54 Å². The number of fused-ring (bicyclic) bond motifs is 1. The summed E-state index contributed by atoms with van der Waals surface area (Å²) in [6.45, 7) is 5.68. The number of carbonyl (C=O) groups is 1. The molecule has 4 heteroatoms. The molecular formula is C26H29N3O. The standard InChI is InChI=1S/C26H29N3O/c1-26(2)19-28(25(27)30)23-13-6-7-14-24(23)29(26)18-22-12-8-11-21(17-22)16-15-20-9-4-3-5-10-20/h3-14,17H,15-16,18-19H2,1-2H3,(H2,27,30). The number of amides is 2. The maximum atomic E-state index is 12.0. The Kier molecular flexibility index (Phi) is 5.49. The van der Waals surface area contributed by atoms with Crippen LogP contribution in [0.15, 0.2) is 78.9 Å². The molecule has 3 aromatic carbocycles. The molecule has 1 aliphatic rings. The number of urea groups is 1. The summed E-state index contributed by atoms with van der Waals surface area (Å²) in [5, 5.41) is 0. The Hall–Kier alpha value is -3.27. The number of rotatable bonds is 5. The second-order valence-electron chi connectivity index (χ2n) is 8.62. The molecule has 0 unspecified atom stereocenters. The van der Waals surface area contributed by atoms with E-state index in [2.05, 4.69) is 79.4 Å². The van der Waals surface area contributed by atoms with Crippen molar-refractivity contribution in [3.8, 4) is 0 Å². The maximum Gasteiger partial charge on any atom is 0.319 e. The zero-order chi connectivity index (χ0) is 21.1. The number of primary amides is 1. The highest BCUT2D eigenvalue weighted by Crippen LogP contribution is 2.40. The molecule has 0 spiro atoms. The molecule has 0 bridgehead atoms. The van der Waals surface area contributed by atoms with Crippen LogP contribution in [0, 0.1) is 0 Å². The van der Waals surface area contributed by atoms with Crippen molar-refractivity contribution < 1.29 is 4.79 Å². The first-order valence-electron chi connectivity index (χ1n) is 10.5. The Balaban J connectivity index is 1.57.